The van der Waals surface area contributed by atoms with Crippen molar-refractivity contribution in [1.82, 2.24) is 15.5 Å². The van der Waals surface area contributed by atoms with Gasteiger partial charge < -0.3 is 15.5 Å². The van der Waals surface area contributed by atoms with E-state index in [0.29, 0.717) is 0 Å². The predicted molar refractivity (Wildman–Crippen MR) is 79.1 cm³/mol. The summed E-state index contributed by atoms with van der Waals surface area (Å²) in [5.74, 6) is 1.79. The number of guanidine groups is 1. The van der Waals surface area contributed by atoms with Crippen molar-refractivity contribution in [2.75, 3.05) is 33.7 Å². The lowest BCUT2D eigenvalue weighted by Crippen LogP contribution is -2.48. The maximum absolute atomic E-state index is 4.25. The van der Waals surface area contributed by atoms with Gasteiger partial charge in [-0.25, -0.2) is 0 Å². The van der Waals surface area contributed by atoms with Gasteiger partial charge in [0.25, 0.3) is 0 Å². The first-order valence-electron chi connectivity index (χ1n) is 7.08. The van der Waals surface area contributed by atoms with Gasteiger partial charge in [0.05, 0.1) is 0 Å². The molecule has 1 saturated heterocycles. The molecule has 1 aliphatic rings. The van der Waals surface area contributed by atoms with E-state index in [1.807, 2.05) is 7.05 Å². The lowest BCUT2D eigenvalue weighted by molar-refractivity contribution is 0.213. The first kappa shape index (κ1) is 15.3. The van der Waals surface area contributed by atoms with Crippen LogP contribution in [-0.4, -0.2) is 50.1 Å². The SMILES string of the molecule is CN=C(NCCC1CCN(C)CC1)NC(C)(C)C. The van der Waals surface area contributed by atoms with Gasteiger partial charge in [0.1, 0.15) is 0 Å². The van der Waals surface area contributed by atoms with Crippen LogP contribution in [-0.2, 0) is 0 Å². The van der Waals surface area contributed by atoms with Crippen LogP contribution in [0.1, 0.15) is 40.0 Å². The van der Waals surface area contributed by atoms with E-state index in [1.165, 1.54) is 32.4 Å². The molecular formula is C14H30N4. The molecule has 0 bridgehead atoms. The molecule has 1 aliphatic heterocycles. The fraction of sp³-hybridized carbons (Fsp3) is 0.929. The molecular weight excluding hydrogens is 224 g/mol. The second-order valence-electron chi connectivity index (χ2n) is 6.41. The van der Waals surface area contributed by atoms with Gasteiger partial charge in [0.15, 0.2) is 5.96 Å². The smallest absolute Gasteiger partial charge is 0.191 e. The third kappa shape index (κ3) is 6.24. The fourth-order valence-electron chi connectivity index (χ4n) is 2.28. The molecule has 1 rings (SSSR count). The van der Waals surface area contributed by atoms with Crippen LogP contribution in [0.15, 0.2) is 4.99 Å². The molecule has 0 atom stereocenters. The Morgan fingerprint density at radius 3 is 2.39 bits per heavy atom. The fourth-order valence-corrected chi connectivity index (χ4v) is 2.28. The molecule has 0 aromatic heterocycles. The van der Waals surface area contributed by atoms with Crippen LogP contribution < -0.4 is 10.6 Å². The van der Waals surface area contributed by atoms with E-state index >= 15 is 0 Å². The summed E-state index contributed by atoms with van der Waals surface area (Å²) in [7, 11) is 4.04. The van der Waals surface area contributed by atoms with Gasteiger partial charge in [0, 0.05) is 19.1 Å². The molecule has 4 nitrogen and oxygen atoms in total. The highest BCUT2D eigenvalue weighted by atomic mass is 15.2. The Morgan fingerprint density at radius 1 is 1.28 bits per heavy atom. The molecule has 0 saturated carbocycles. The largest absolute Gasteiger partial charge is 0.356 e. The van der Waals surface area contributed by atoms with E-state index in [-0.39, 0.29) is 5.54 Å². The van der Waals surface area contributed by atoms with Gasteiger partial charge >= 0.3 is 0 Å². The number of nitrogens with zero attached hydrogens (tertiary/aromatic N) is 2. The summed E-state index contributed by atoms with van der Waals surface area (Å²) >= 11 is 0. The van der Waals surface area contributed by atoms with Gasteiger partial charge in [0.2, 0.25) is 0 Å². The van der Waals surface area contributed by atoms with Crippen molar-refractivity contribution in [3.8, 4) is 0 Å². The maximum Gasteiger partial charge on any atom is 0.191 e. The minimum Gasteiger partial charge on any atom is -0.356 e. The molecule has 4 heteroatoms. The minimum atomic E-state index is 0.0649. The lowest BCUT2D eigenvalue weighted by Gasteiger charge is -2.29. The van der Waals surface area contributed by atoms with Crippen LogP contribution in [0, 0.1) is 5.92 Å². The Hall–Kier alpha value is -0.770. The van der Waals surface area contributed by atoms with Crippen molar-refractivity contribution in [2.24, 2.45) is 10.9 Å². The van der Waals surface area contributed by atoms with E-state index < -0.39 is 0 Å². The third-order valence-corrected chi connectivity index (χ3v) is 3.40. The number of likely N-dealkylation sites (tertiary alicyclic amines) is 1. The number of hydrogen-bond acceptors (Lipinski definition) is 2. The average Bonchev–Trinajstić information content (AvgIpc) is 2.29. The molecule has 0 amide bonds. The summed E-state index contributed by atoms with van der Waals surface area (Å²) in [5, 5.41) is 6.79. The van der Waals surface area contributed by atoms with Gasteiger partial charge in [-0.3, -0.25) is 4.99 Å². The zero-order valence-corrected chi connectivity index (χ0v) is 12.7. The van der Waals surface area contributed by atoms with Crippen molar-refractivity contribution < 1.29 is 0 Å². The molecule has 0 spiro atoms. The zero-order chi connectivity index (χ0) is 13.6. The quantitative estimate of drug-likeness (QED) is 0.595. The molecule has 1 heterocycles. The summed E-state index contributed by atoms with van der Waals surface area (Å²) in [6, 6.07) is 0. The Morgan fingerprint density at radius 2 is 1.89 bits per heavy atom. The number of piperidine rings is 1. The van der Waals surface area contributed by atoms with Crippen molar-refractivity contribution in [2.45, 2.75) is 45.6 Å². The monoisotopic (exact) mass is 254 g/mol. The summed E-state index contributed by atoms with van der Waals surface area (Å²) in [5.41, 5.74) is 0.0649. The number of aliphatic imine (C=N–C) groups is 1. The van der Waals surface area contributed by atoms with Crippen LogP contribution in [0.3, 0.4) is 0 Å². The first-order valence-corrected chi connectivity index (χ1v) is 7.08. The molecule has 106 valence electrons. The Labute approximate surface area is 112 Å². The van der Waals surface area contributed by atoms with Crippen molar-refractivity contribution in [3.63, 3.8) is 0 Å². The highest BCUT2D eigenvalue weighted by Gasteiger charge is 2.16. The average molecular weight is 254 g/mol. The van der Waals surface area contributed by atoms with Crippen LogP contribution in [0.2, 0.25) is 0 Å². The number of rotatable bonds is 3. The van der Waals surface area contributed by atoms with E-state index in [1.54, 1.807) is 0 Å². The maximum atomic E-state index is 4.25. The van der Waals surface area contributed by atoms with E-state index in [2.05, 4.69) is 48.3 Å². The van der Waals surface area contributed by atoms with Crippen molar-refractivity contribution >= 4 is 5.96 Å². The van der Waals surface area contributed by atoms with Crippen LogP contribution in [0.4, 0.5) is 0 Å². The number of hydrogen-bond donors (Lipinski definition) is 2. The lowest BCUT2D eigenvalue weighted by atomic mass is 9.94. The van der Waals surface area contributed by atoms with Crippen LogP contribution >= 0.6 is 0 Å². The van der Waals surface area contributed by atoms with Gasteiger partial charge in [-0.1, -0.05) is 0 Å². The van der Waals surface area contributed by atoms with E-state index in [0.717, 1.165) is 18.4 Å². The summed E-state index contributed by atoms with van der Waals surface area (Å²) in [6.07, 6.45) is 3.92. The molecule has 0 radical (unpaired) electrons. The zero-order valence-electron chi connectivity index (χ0n) is 12.7. The van der Waals surface area contributed by atoms with Crippen molar-refractivity contribution in [3.05, 3.63) is 0 Å². The molecule has 2 N–H and O–H groups in total. The Kier molecular flexibility index (Phi) is 5.93. The second-order valence-corrected chi connectivity index (χ2v) is 6.41. The van der Waals surface area contributed by atoms with Gasteiger partial charge in [-0.05, 0) is 66.1 Å². The van der Waals surface area contributed by atoms with Crippen LogP contribution in [0.25, 0.3) is 0 Å². The predicted octanol–water partition coefficient (Wildman–Crippen LogP) is 1.68. The van der Waals surface area contributed by atoms with Crippen LogP contribution in [0.5, 0.6) is 0 Å². The summed E-state index contributed by atoms with van der Waals surface area (Å²) < 4.78 is 0. The summed E-state index contributed by atoms with van der Waals surface area (Å²) in [4.78, 5) is 6.67. The normalized spacial score (nSPS) is 19.9. The van der Waals surface area contributed by atoms with Gasteiger partial charge in [-0.2, -0.15) is 0 Å². The second kappa shape index (κ2) is 6.98. The highest BCUT2D eigenvalue weighted by Crippen LogP contribution is 2.18. The minimum absolute atomic E-state index is 0.0649. The molecule has 0 unspecified atom stereocenters. The molecule has 0 aromatic carbocycles. The Balaban J connectivity index is 2.20. The topological polar surface area (TPSA) is 39.7 Å². The van der Waals surface area contributed by atoms with Crippen molar-refractivity contribution in [1.29, 1.82) is 0 Å². The molecule has 0 aromatic rings. The molecule has 0 aliphatic carbocycles. The van der Waals surface area contributed by atoms with E-state index in [4.69, 9.17) is 0 Å². The standard InChI is InChI=1S/C14H30N4/c1-14(2,3)17-13(15-4)16-9-6-12-7-10-18(5)11-8-12/h12H,6-11H2,1-5H3,(H2,15,16,17). The third-order valence-electron chi connectivity index (χ3n) is 3.40. The Bertz CT molecular complexity index is 259. The summed E-state index contributed by atoms with van der Waals surface area (Å²) in [6.45, 7) is 9.97. The number of nitrogens with one attached hydrogen (secondary N) is 2. The first-order chi connectivity index (χ1) is 8.40. The molecule has 1 fully saturated rings. The van der Waals surface area contributed by atoms with Gasteiger partial charge in [-0.15, -0.1) is 0 Å². The highest BCUT2D eigenvalue weighted by molar-refractivity contribution is 5.80. The van der Waals surface area contributed by atoms with E-state index in [9.17, 15) is 0 Å². The molecule has 18 heavy (non-hydrogen) atoms.